The van der Waals surface area contributed by atoms with E-state index in [1.165, 1.54) is 31.2 Å². The Labute approximate surface area is 184 Å². The maximum absolute atomic E-state index is 12.9. The van der Waals surface area contributed by atoms with Crippen LogP contribution in [-0.4, -0.2) is 49.1 Å². The van der Waals surface area contributed by atoms with Crippen LogP contribution < -0.4 is 5.32 Å². The number of nitrogens with zero attached hydrogens (tertiary/aromatic N) is 2. The maximum atomic E-state index is 12.9. The lowest BCUT2D eigenvalue weighted by Crippen LogP contribution is -2.41. The van der Waals surface area contributed by atoms with E-state index in [1.54, 1.807) is 22.3 Å². The third kappa shape index (κ3) is 5.51. The Hall–Kier alpha value is -2.71. The van der Waals surface area contributed by atoms with Crippen molar-refractivity contribution in [2.75, 3.05) is 18.9 Å². The first-order valence-electron chi connectivity index (χ1n) is 10.4. The van der Waals surface area contributed by atoms with Crippen molar-refractivity contribution in [3.63, 3.8) is 0 Å². The van der Waals surface area contributed by atoms with Gasteiger partial charge in [0.05, 0.1) is 4.90 Å². The van der Waals surface area contributed by atoms with E-state index in [4.69, 9.17) is 0 Å². The number of carbonyl (C=O) groups is 2. The minimum atomic E-state index is -3.57. The van der Waals surface area contributed by atoms with Crippen LogP contribution in [0.3, 0.4) is 0 Å². The summed E-state index contributed by atoms with van der Waals surface area (Å²) >= 11 is 0. The first-order chi connectivity index (χ1) is 14.7. The lowest BCUT2D eigenvalue weighted by molar-refractivity contribution is -0.128. The molecule has 0 saturated carbocycles. The molecule has 166 valence electrons. The molecule has 31 heavy (non-hydrogen) atoms. The second kappa shape index (κ2) is 9.62. The molecule has 0 aromatic heterocycles. The zero-order valence-electron chi connectivity index (χ0n) is 18.2. The Bertz CT molecular complexity index is 1050. The van der Waals surface area contributed by atoms with Gasteiger partial charge in [-0.2, -0.15) is 4.31 Å². The molecule has 3 rings (SSSR count). The molecule has 1 unspecified atom stereocenters. The molecule has 1 atom stereocenters. The Morgan fingerprint density at radius 3 is 2.48 bits per heavy atom. The molecule has 1 saturated heterocycles. The summed E-state index contributed by atoms with van der Waals surface area (Å²) < 4.78 is 27.4. The summed E-state index contributed by atoms with van der Waals surface area (Å²) in [7, 11) is -1.85. The van der Waals surface area contributed by atoms with E-state index in [1.807, 2.05) is 25.1 Å². The van der Waals surface area contributed by atoms with Crippen LogP contribution in [0.2, 0.25) is 0 Å². The molecule has 2 aromatic rings. The molecule has 0 aliphatic carbocycles. The average Bonchev–Trinajstić information content (AvgIpc) is 2.74. The fraction of sp³-hybridized carbons (Fsp3) is 0.391. The third-order valence-corrected chi connectivity index (χ3v) is 7.64. The highest BCUT2D eigenvalue weighted by atomic mass is 32.2. The Morgan fingerprint density at radius 2 is 1.84 bits per heavy atom. The summed E-state index contributed by atoms with van der Waals surface area (Å²) in [5.74, 6) is -0.365. The smallest absolute Gasteiger partial charge is 0.255 e. The molecule has 0 spiro atoms. The first kappa shape index (κ1) is 23.0. The van der Waals surface area contributed by atoms with E-state index in [0.29, 0.717) is 24.3 Å². The fourth-order valence-corrected chi connectivity index (χ4v) is 5.38. The Kier molecular flexibility index (Phi) is 7.12. The number of sulfonamides is 1. The molecule has 0 radical (unpaired) electrons. The molecule has 1 heterocycles. The standard InChI is InChI=1S/C23H29N3O4S/c1-17-7-4-5-14-26(17)31(29,30)22-12-10-20(11-13-22)23(28)24-21-9-6-8-19(15-21)16-25(3)18(2)27/h6,8-13,15,17H,4-5,7,14,16H2,1-3H3,(H,24,28). The number of hydrogen-bond donors (Lipinski definition) is 1. The molecule has 1 N–H and O–H groups in total. The number of rotatable bonds is 6. The molecule has 2 aromatic carbocycles. The fourth-order valence-electron chi connectivity index (χ4n) is 3.68. The van der Waals surface area contributed by atoms with Gasteiger partial charge in [-0.05, 0) is 61.7 Å². The first-order valence-corrected chi connectivity index (χ1v) is 11.9. The topological polar surface area (TPSA) is 86.8 Å². The van der Waals surface area contributed by atoms with Crippen LogP contribution >= 0.6 is 0 Å². The van der Waals surface area contributed by atoms with E-state index >= 15 is 0 Å². The average molecular weight is 444 g/mol. The summed E-state index contributed by atoms with van der Waals surface area (Å²) in [5, 5.41) is 2.83. The van der Waals surface area contributed by atoms with Crippen molar-refractivity contribution in [3.8, 4) is 0 Å². The van der Waals surface area contributed by atoms with Crippen molar-refractivity contribution < 1.29 is 18.0 Å². The lowest BCUT2D eigenvalue weighted by Gasteiger charge is -2.32. The SMILES string of the molecule is CC(=O)N(C)Cc1cccc(NC(=O)c2ccc(S(=O)(=O)N3CCCCC3C)cc2)c1. The Morgan fingerprint density at radius 1 is 1.13 bits per heavy atom. The molecule has 1 aliphatic rings. The summed E-state index contributed by atoms with van der Waals surface area (Å²) in [6.07, 6.45) is 2.77. The monoisotopic (exact) mass is 443 g/mol. The zero-order valence-corrected chi connectivity index (χ0v) is 19.0. The van der Waals surface area contributed by atoms with Crippen LogP contribution in [0.25, 0.3) is 0 Å². The maximum Gasteiger partial charge on any atom is 0.255 e. The molecule has 2 amide bonds. The van der Waals surface area contributed by atoms with E-state index in [-0.39, 0.29) is 22.8 Å². The van der Waals surface area contributed by atoms with Crippen molar-refractivity contribution in [1.29, 1.82) is 0 Å². The largest absolute Gasteiger partial charge is 0.342 e. The van der Waals surface area contributed by atoms with Gasteiger partial charge in [0.15, 0.2) is 0 Å². The number of piperidine rings is 1. The summed E-state index contributed by atoms with van der Waals surface area (Å²) in [4.78, 5) is 25.8. The highest BCUT2D eigenvalue weighted by molar-refractivity contribution is 7.89. The van der Waals surface area contributed by atoms with Crippen molar-refractivity contribution in [1.82, 2.24) is 9.21 Å². The second-order valence-corrected chi connectivity index (χ2v) is 9.91. The van der Waals surface area contributed by atoms with Gasteiger partial charge in [-0.15, -0.1) is 0 Å². The van der Waals surface area contributed by atoms with E-state index in [0.717, 1.165) is 24.8 Å². The number of nitrogens with one attached hydrogen (secondary N) is 1. The van der Waals surface area contributed by atoms with Crippen LogP contribution in [0.1, 0.15) is 49.0 Å². The van der Waals surface area contributed by atoms with Crippen LogP contribution in [0.4, 0.5) is 5.69 Å². The zero-order chi connectivity index (χ0) is 22.6. The number of carbonyl (C=O) groups excluding carboxylic acids is 2. The van der Waals surface area contributed by atoms with Gasteiger partial charge < -0.3 is 10.2 Å². The van der Waals surface area contributed by atoms with Crippen molar-refractivity contribution in [2.45, 2.75) is 50.6 Å². The number of benzene rings is 2. The number of anilines is 1. The van der Waals surface area contributed by atoms with E-state index in [9.17, 15) is 18.0 Å². The van der Waals surface area contributed by atoms with Crippen LogP contribution in [0.5, 0.6) is 0 Å². The van der Waals surface area contributed by atoms with Crippen molar-refractivity contribution >= 4 is 27.5 Å². The molecule has 1 aliphatic heterocycles. The molecule has 8 heteroatoms. The Balaban J connectivity index is 1.70. The van der Waals surface area contributed by atoms with Crippen LogP contribution in [-0.2, 0) is 21.4 Å². The molecule has 1 fully saturated rings. The van der Waals surface area contributed by atoms with Crippen LogP contribution in [0, 0.1) is 0 Å². The second-order valence-electron chi connectivity index (χ2n) is 8.01. The van der Waals surface area contributed by atoms with Crippen molar-refractivity contribution in [3.05, 3.63) is 59.7 Å². The van der Waals surface area contributed by atoms with Gasteiger partial charge in [-0.1, -0.05) is 18.6 Å². The minimum Gasteiger partial charge on any atom is -0.342 e. The normalized spacial score (nSPS) is 17.2. The highest BCUT2D eigenvalue weighted by Gasteiger charge is 2.30. The molecular weight excluding hydrogens is 414 g/mol. The molecule has 7 nitrogen and oxygen atoms in total. The van der Waals surface area contributed by atoms with E-state index < -0.39 is 10.0 Å². The summed E-state index contributed by atoms with van der Waals surface area (Å²) in [6.45, 7) is 4.41. The minimum absolute atomic E-state index is 0.0175. The van der Waals surface area contributed by atoms with Gasteiger partial charge in [-0.3, -0.25) is 9.59 Å². The van der Waals surface area contributed by atoms with Crippen molar-refractivity contribution in [2.24, 2.45) is 0 Å². The lowest BCUT2D eigenvalue weighted by atomic mass is 10.1. The van der Waals surface area contributed by atoms with Gasteiger partial charge in [0.1, 0.15) is 0 Å². The predicted octanol–water partition coefficient (Wildman–Crippen LogP) is 3.48. The van der Waals surface area contributed by atoms with Gasteiger partial charge in [0.25, 0.3) is 5.91 Å². The van der Waals surface area contributed by atoms with E-state index in [2.05, 4.69) is 5.32 Å². The van der Waals surface area contributed by atoms with Gasteiger partial charge in [-0.25, -0.2) is 8.42 Å². The number of hydrogen-bond acceptors (Lipinski definition) is 4. The predicted molar refractivity (Wildman–Crippen MR) is 120 cm³/mol. The third-order valence-electron chi connectivity index (χ3n) is 5.61. The van der Waals surface area contributed by atoms with Gasteiger partial charge >= 0.3 is 0 Å². The van der Waals surface area contributed by atoms with Gasteiger partial charge in [0.2, 0.25) is 15.9 Å². The highest BCUT2D eigenvalue weighted by Crippen LogP contribution is 2.25. The number of amides is 2. The molecule has 0 bridgehead atoms. The quantitative estimate of drug-likeness (QED) is 0.741. The van der Waals surface area contributed by atoms with Crippen LogP contribution in [0.15, 0.2) is 53.4 Å². The molecular formula is C23H29N3O4S. The van der Waals surface area contributed by atoms with Gasteiger partial charge in [0, 0.05) is 44.4 Å². The summed E-state index contributed by atoms with van der Waals surface area (Å²) in [6, 6.07) is 13.3. The summed E-state index contributed by atoms with van der Waals surface area (Å²) in [5.41, 5.74) is 1.88.